The molecular weight excluding hydrogens is 314 g/mol. The van der Waals surface area contributed by atoms with Crippen molar-refractivity contribution in [2.24, 2.45) is 0 Å². The lowest BCUT2D eigenvalue weighted by atomic mass is 10.0. The number of aryl methyl sites for hydroxylation is 1. The number of benzene rings is 2. The van der Waals surface area contributed by atoms with Crippen LogP contribution >= 0.6 is 0 Å². The number of sulfonamides is 1. The van der Waals surface area contributed by atoms with Crippen molar-refractivity contribution in [3.05, 3.63) is 59.2 Å². The molecule has 6 heteroatoms. The highest BCUT2D eigenvalue weighted by Gasteiger charge is 2.19. The molecule has 2 aromatic carbocycles. The molecule has 2 rings (SSSR count). The van der Waals surface area contributed by atoms with Gasteiger partial charge in [0.2, 0.25) is 0 Å². The lowest BCUT2D eigenvalue weighted by Crippen LogP contribution is -2.23. The van der Waals surface area contributed by atoms with Crippen LogP contribution in [0.15, 0.2) is 47.4 Å². The minimum atomic E-state index is -3.90. The van der Waals surface area contributed by atoms with Gasteiger partial charge in [-0.15, -0.1) is 0 Å². The largest absolute Gasteiger partial charge is 0.545 e. The first-order valence-electron chi connectivity index (χ1n) is 7.16. The molecule has 0 spiro atoms. The van der Waals surface area contributed by atoms with E-state index in [2.05, 4.69) is 4.72 Å². The van der Waals surface area contributed by atoms with Gasteiger partial charge in [0.15, 0.2) is 0 Å². The average molecular weight is 332 g/mol. The van der Waals surface area contributed by atoms with Crippen molar-refractivity contribution < 1.29 is 18.3 Å². The summed E-state index contributed by atoms with van der Waals surface area (Å²) in [6.45, 7) is 5.55. The summed E-state index contributed by atoms with van der Waals surface area (Å²) >= 11 is 0. The number of para-hydroxylation sites is 1. The predicted molar refractivity (Wildman–Crippen MR) is 86.8 cm³/mol. The van der Waals surface area contributed by atoms with Gasteiger partial charge in [-0.05, 0) is 41.7 Å². The molecule has 0 aliphatic heterocycles. The summed E-state index contributed by atoms with van der Waals surface area (Å²) in [5.74, 6) is -1.27. The Morgan fingerprint density at radius 3 is 2.39 bits per heavy atom. The van der Waals surface area contributed by atoms with E-state index in [0.29, 0.717) is 11.3 Å². The Morgan fingerprint density at radius 1 is 1.13 bits per heavy atom. The zero-order valence-corrected chi connectivity index (χ0v) is 14.0. The monoisotopic (exact) mass is 332 g/mol. The van der Waals surface area contributed by atoms with E-state index in [1.54, 1.807) is 19.1 Å². The van der Waals surface area contributed by atoms with Crippen molar-refractivity contribution in [2.45, 2.75) is 31.6 Å². The Morgan fingerprint density at radius 2 is 1.78 bits per heavy atom. The van der Waals surface area contributed by atoms with Crippen molar-refractivity contribution in [3.63, 3.8) is 0 Å². The summed E-state index contributed by atoms with van der Waals surface area (Å²) in [7, 11) is -3.90. The van der Waals surface area contributed by atoms with Crippen LogP contribution in [0.25, 0.3) is 0 Å². The summed E-state index contributed by atoms with van der Waals surface area (Å²) in [5, 5.41) is 11.0. The zero-order chi connectivity index (χ0) is 17.2. The van der Waals surface area contributed by atoms with E-state index in [9.17, 15) is 18.3 Å². The van der Waals surface area contributed by atoms with Crippen LogP contribution < -0.4 is 9.83 Å². The highest BCUT2D eigenvalue weighted by molar-refractivity contribution is 7.92. The van der Waals surface area contributed by atoms with E-state index >= 15 is 0 Å². The second-order valence-corrected chi connectivity index (χ2v) is 7.27. The quantitative estimate of drug-likeness (QED) is 0.910. The third-order valence-corrected chi connectivity index (χ3v) is 5.05. The lowest BCUT2D eigenvalue weighted by Gasteiger charge is -2.16. The number of carboxylic acids is 1. The Labute approximate surface area is 136 Å². The van der Waals surface area contributed by atoms with Crippen LogP contribution in [0.4, 0.5) is 5.69 Å². The van der Waals surface area contributed by atoms with E-state index < -0.39 is 16.0 Å². The molecule has 0 atom stereocenters. The van der Waals surface area contributed by atoms with Crippen molar-refractivity contribution in [1.82, 2.24) is 0 Å². The topological polar surface area (TPSA) is 86.3 Å². The summed E-state index contributed by atoms with van der Waals surface area (Å²) in [5.41, 5.74) is 1.64. The molecule has 0 saturated carbocycles. The molecule has 0 aromatic heterocycles. The highest BCUT2D eigenvalue weighted by atomic mass is 32.2. The number of hydrogen-bond acceptors (Lipinski definition) is 4. The maximum Gasteiger partial charge on any atom is 0.262 e. The van der Waals surface area contributed by atoms with Gasteiger partial charge in [0.25, 0.3) is 10.0 Å². The SMILES string of the molecule is Cc1ccc(C(=O)[O-])cc1S(=O)(=O)Nc1ccccc1C(C)C. The lowest BCUT2D eigenvalue weighted by molar-refractivity contribution is -0.255. The second-order valence-electron chi connectivity index (χ2n) is 5.62. The maximum absolute atomic E-state index is 12.6. The molecule has 122 valence electrons. The van der Waals surface area contributed by atoms with Crippen LogP contribution in [-0.2, 0) is 10.0 Å². The average Bonchev–Trinajstić information content (AvgIpc) is 2.47. The number of carbonyl (C=O) groups excluding carboxylic acids is 1. The summed E-state index contributed by atoms with van der Waals surface area (Å²) in [6, 6.07) is 11.0. The molecule has 1 N–H and O–H groups in total. The highest BCUT2D eigenvalue weighted by Crippen LogP contribution is 2.27. The van der Waals surface area contributed by atoms with Gasteiger partial charge in [0.1, 0.15) is 0 Å². The molecule has 0 unspecified atom stereocenters. The fraction of sp³-hybridized carbons (Fsp3) is 0.235. The Hall–Kier alpha value is -2.34. The molecule has 5 nitrogen and oxygen atoms in total. The summed E-state index contributed by atoms with van der Waals surface area (Å²) < 4.78 is 27.8. The Kier molecular flexibility index (Phi) is 4.75. The predicted octanol–water partition coefficient (Wildman–Crippen LogP) is 2.28. The molecule has 0 aliphatic carbocycles. The smallest absolute Gasteiger partial charge is 0.262 e. The number of aromatic carboxylic acids is 1. The second kappa shape index (κ2) is 6.42. The van der Waals surface area contributed by atoms with Gasteiger partial charge in [-0.25, -0.2) is 8.42 Å². The van der Waals surface area contributed by atoms with Crippen molar-refractivity contribution in [1.29, 1.82) is 0 Å². The van der Waals surface area contributed by atoms with Crippen LogP contribution in [0.5, 0.6) is 0 Å². The van der Waals surface area contributed by atoms with Crippen LogP contribution in [-0.4, -0.2) is 14.4 Å². The summed E-state index contributed by atoms with van der Waals surface area (Å²) in [4.78, 5) is 10.9. The first-order chi connectivity index (χ1) is 10.7. The molecule has 23 heavy (non-hydrogen) atoms. The van der Waals surface area contributed by atoms with Gasteiger partial charge >= 0.3 is 0 Å². The van der Waals surface area contributed by atoms with Gasteiger partial charge in [0.05, 0.1) is 16.6 Å². The molecule has 0 aliphatic rings. The third kappa shape index (κ3) is 3.71. The van der Waals surface area contributed by atoms with E-state index in [1.165, 1.54) is 12.1 Å². The van der Waals surface area contributed by atoms with E-state index in [-0.39, 0.29) is 16.4 Å². The minimum Gasteiger partial charge on any atom is -0.545 e. The minimum absolute atomic E-state index is 0.0715. The molecular formula is C17H18NO4S-. The number of nitrogens with one attached hydrogen (secondary N) is 1. The zero-order valence-electron chi connectivity index (χ0n) is 13.2. The van der Waals surface area contributed by atoms with Crippen molar-refractivity contribution in [2.75, 3.05) is 4.72 Å². The number of anilines is 1. The first kappa shape index (κ1) is 17.0. The fourth-order valence-electron chi connectivity index (χ4n) is 2.31. The Balaban J connectivity index is 2.48. The molecule has 0 heterocycles. The third-order valence-electron chi connectivity index (χ3n) is 3.54. The number of carboxylic acid groups (broad SMARTS) is 1. The van der Waals surface area contributed by atoms with Crippen LogP contribution in [0.2, 0.25) is 0 Å². The first-order valence-corrected chi connectivity index (χ1v) is 8.64. The molecule has 0 radical (unpaired) electrons. The van der Waals surface area contributed by atoms with Crippen LogP contribution in [0, 0.1) is 6.92 Å². The maximum atomic E-state index is 12.6. The molecule has 0 fully saturated rings. The van der Waals surface area contributed by atoms with Gasteiger partial charge in [0, 0.05) is 0 Å². The van der Waals surface area contributed by atoms with Crippen LogP contribution in [0.1, 0.15) is 41.3 Å². The molecule has 0 bridgehead atoms. The van der Waals surface area contributed by atoms with E-state index in [4.69, 9.17) is 0 Å². The van der Waals surface area contributed by atoms with Crippen molar-refractivity contribution in [3.8, 4) is 0 Å². The number of carbonyl (C=O) groups is 1. The normalized spacial score (nSPS) is 11.5. The summed E-state index contributed by atoms with van der Waals surface area (Å²) in [6.07, 6.45) is 0. The fourth-order valence-corrected chi connectivity index (χ4v) is 3.67. The van der Waals surface area contributed by atoms with Gasteiger partial charge in [-0.3, -0.25) is 4.72 Å². The molecule has 0 saturated heterocycles. The van der Waals surface area contributed by atoms with Crippen LogP contribution in [0.3, 0.4) is 0 Å². The van der Waals surface area contributed by atoms with E-state index in [0.717, 1.165) is 11.6 Å². The van der Waals surface area contributed by atoms with Crippen molar-refractivity contribution >= 4 is 21.7 Å². The van der Waals surface area contributed by atoms with Gasteiger partial charge in [-0.1, -0.05) is 44.2 Å². The molecule has 0 amide bonds. The number of rotatable bonds is 5. The standard InChI is InChI=1S/C17H19NO4S/c1-11(2)14-6-4-5-7-15(14)18-23(21,22)16-10-13(17(19)20)9-8-12(16)3/h4-11,18H,1-3H3,(H,19,20)/p-1. The van der Waals surface area contributed by atoms with Gasteiger partial charge in [-0.2, -0.15) is 0 Å². The Bertz CT molecular complexity index is 841. The number of hydrogen-bond donors (Lipinski definition) is 1. The molecule has 2 aromatic rings. The van der Waals surface area contributed by atoms with Gasteiger partial charge < -0.3 is 9.90 Å². The van der Waals surface area contributed by atoms with E-state index in [1.807, 2.05) is 26.0 Å².